The highest BCUT2D eigenvalue weighted by molar-refractivity contribution is 6.31. The number of benzene rings is 2. The van der Waals surface area contributed by atoms with Crippen molar-refractivity contribution in [2.24, 2.45) is 0 Å². The van der Waals surface area contributed by atoms with Gasteiger partial charge in [-0.1, -0.05) is 23.7 Å². The number of ether oxygens (including phenoxy) is 2. The van der Waals surface area contributed by atoms with Crippen LogP contribution in [-0.4, -0.2) is 30.7 Å². The molecule has 6 nitrogen and oxygen atoms in total. The third kappa shape index (κ3) is 4.89. The Kier molecular flexibility index (Phi) is 6.03. The number of halogens is 1. The fraction of sp³-hybridized carbons (Fsp3) is 0.176. The fourth-order valence-corrected chi connectivity index (χ4v) is 2.09. The summed E-state index contributed by atoms with van der Waals surface area (Å²) >= 11 is 5.76. The van der Waals surface area contributed by atoms with Gasteiger partial charge in [0.05, 0.1) is 7.11 Å². The maximum Gasteiger partial charge on any atom is 0.342 e. The Bertz CT molecular complexity index is 748. The van der Waals surface area contributed by atoms with E-state index in [0.29, 0.717) is 5.75 Å². The minimum atomic E-state index is -0.827. The average Bonchev–Trinajstić information content (AvgIpc) is 2.60. The molecule has 2 rings (SSSR count). The van der Waals surface area contributed by atoms with Crippen LogP contribution in [0, 0.1) is 0 Å². The van der Waals surface area contributed by atoms with Crippen molar-refractivity contribution in [2.45, 2.75) is 6.54 Å². The Labute approximate surface area is 144 Å². The molecule has 7 heteroatoms. The van der Waals surface area contributed by atoms with E-state index >= 15 is 0 Å². The molecule has 126 valence electrons. The molecule has 2 aromatic carbocycles. The summed E-state index contributed by atoms with van der Waals surface area (Å²) in [5.74, 6) is -0.870. The number of hydrogen-bond donors (Lipinski definition) is 2. The Balaban J connectivity index is 1.84. The maximum atomic E-state index is 11.8. The first-order valence-electron chi connectivity index (χ1n) is 7.05. The van der Waals surface area contributed by atoms with Crippen LogP contribution >= 0.6 is 11.6 Å². The van der Waals surface area contributed by atoms with Gasteiger partial charge in [0.1, 0.15) is 17.1 Å². The Morgan fingerprint density at radius 2 is 2.00 bits per heavy atom. The molecule has 0 unspecified atom stereocenters. The van der Waals surface area contributed by atoms with Crippen LogP contribution in [0.1, 0.15) is 15.9 Å². The van der Waals surface area contributed by atoms with Crippen molar-refractivity contribution in [3.63, 3.8) is 0 Å². The lowest BCUT2D eigenvalue weighted by atomic mass is 10.2. The standard InChI is InChI=1S/C17H16ClNO5/c1-23-13-4-2-3-11(7-13)9-19-16(21)10-24-17(22)14-8-12(18)5-6-15(14)20/h2-8,20H,9-10H2,1H3,(H,19,21). The van der Waals surface area contributed by atoms with Gasteiger partial charge >= 0.3 is 5.97 Å². The predicted octanol–water partition coefficient (Wildman–Crippen LogP) is 2.53. The summed E-state index contributed by atoms with van der Waals surface area (Å²) in [7, 11) is 1.56. The van der Waals surface area contributed by atoms with E-state index in [0.717, 1.165) is 5.56 Å². The first-order chi connectivity index (χ1) is 11.5. The predicted molar refractivity (Wildman–Crippen MR) is 88.2 cm³/mol. The summed E-state index contributed by atoms with van der Waals surface area (Å²) in [5.41, 5.74) is 0.754. The summed E-state index contributed by atoms with van der Waals surface area (Å²) in [6, 6.07) is 11.2. The van der Waals surface area contributed by atoms with Gasteiger partial charge in [0.25, 0.3) is 5.91 Å². The molecule has 2 aromatic rings. The van der Waals surface area contributed by atoms with Crippen LogP contribution in [0.4, 0.5) is 0 Å². The topological polar surface area (TPSA) is 84.9 Å². The molecule has 0 bridgehead atoms. The number of hydrogen-bond acceptors (Lipinski definition) is 5. The van der Waals surface area contributed by atoms with E-state index in [-0.39, 0.29) is 22.9 Å². The van der Waals surface area contributed by atoms with Gasteiger partial charge < -0.3 is 19.9 Å². The molecule has 0 fully saturated rings. The van der Waals surface area contributed by atoms with Crippen molar-refractivity contribution in [1.82, 2.24) is 5.32 Å². The molecule has 0 aliphatic carbocycles. The maximum absolute atomic E-state index is 11.8. The second kappa shape index (κ2) is 8.21. The second-order valence-corrected chi connectivity index (χ2v) is 5.30. The Morgan fingerprint density at radius 3 is 2.75 bits per heavy atom. The normalized spacial score (nSPS) is 10.1. The van der Waals surface area contributed by atoms with Gasteiger partial charge in [-0.25, -0.2) is 4.79 Å². The first kappa shape index (κ1) is 17.6. The number of phenols is 1. The lowest BCUT2D eigenvalue weighted by molar-refractivity contribution is -0.124. The zero-order valence-electron chi connectivity index (χ0n) is 12.9. The van der Waals surface area contributed by atoms with Crippen LogP contribution < -0.4 is 10.1 Å². The number of methoxy groups -OCH3 is 1. The van der Waals surface area contributed by atoms with E-state index < -0.39 is 18.5 Å². The molecule has 0 saturated carbocycles. The molecule has 0 spiro atoms. The molecule has 0 radical (unpaired) electrons. The summed E-state index contributed by atoms with van der Waals surface area (Å²) in [6.45, 7) is -0.190. The highest BCUT2D eigenvalue weighted by atomic mass is 35.5. The lowest BCUT2D eigenvalue weighted by Gasteiger charge is -2.08. The van der Waals surface area contributed by atoms with Gasteiger partial charge in [-0.3, -0.25) is 4.79 Å². The average molecular weight is 350 g/mol. The van der Waals surface area contributed by atoms with Crippen LogP contribution in [0.3, 0.4) is 0 Å². The molecule has 24 heavy (non-hydrogen) atoms. The molecule has 0 atom stereocenters. The summed E-state index contributed by atoms with van der Waals surface area (Å²) in [5, 5.41) is 12.5. The Hall–Kier alpha value is -2.73. The largest absolute Gasteiger partial charge is 0.507 e. The SMILES string of the molecule is COc1cccc(CNC(=O)COC(=O)c2cc(Cl)ccc2O)c1. The van der Waals surface area contributed by atoms with Crippen molar-refractivity contribution in [2.75, 3.05) is 13.7 Å². The molecule has 0 aliphatic rings. The molecule has 1 amide bonds. The second-order valence-electron chi connectivity index (χ2n) is 4.87. The molecule has 0 aliphatic heterocycles. The van der Waals surface area contributed by atoms with Crippen molar-refractivity contribution in [3.05, 3.63) is 58.6 Å². The number of carbonyl (C=O) groups is 2. The summed E-state index contributed by atoms with van der Waals surface area (Å²) in [6.07, 6.45) is 0. The van der Waals surface area contributed by atoms with Crippen molar-refractivity contribution in [1.29, 1.82) is 0 Å². The lowest BCUT2D eigenvalue weighted by Crippen LogP contribution is -2.28. The zero-order valence-corrected chi connectivity index (χ0v) is 13.7. The minimum Gasteiger partial charge on any atom is -0.507 e. The number of rotatable bonds is 6. The highest BCUT2D eigenvalue weighted by Gasteiger charge is 2.15. The van der Waals surface area contributed by atoms with Crippen LogP contribution in [0.25, 0.3) is 0 Å². The van der Waals surface area contributed by atoms with Gasteiger partial charge in [0, 0.05) is 11.6 Å². The number of phenolic OH excluding ortho intramolecular Hbond substituents is 1. The number of aromatic hydroxyl groups is 1. The third-order valence-corrected chi connectivity index (χ3v) is 3.37. The molecule has 2 N–H and O–H groups in total. The van der Waals surface area contributed by atoms with Gasteiger partial charge in [-0.2, -0.15) is 0 Å². The third-order valence-electron chi connectivity index (χ3n) is 3.14. The van der Waals surface area contributed by atoms with E-state index in [2.05, 4.69) is 5.32 Å². The fourth-order valence-electron chi connectivity index (χ4n) is 1.91. The highest BCUT2D eigenvalue weighted by Crippen LogP contribution is 2.22. The molecule has 0 aromatic heterocycles. The van der Waals surface area contributed by atoms with E-state index in [1.807, 2.05) is 12.1 Å². The van der Waals surface area contributed by atoms with E-state index in [1.165, 1.54) is 18.2 Å². The van der Waals surface area contributed by atoms with Crippen molar-refractivity contribution in [3.8, 4) is 11.5 Å². The molecule has 0 heterocycles. The van der Waals surface area contributed by atoms with Crippen molar-refractivity contribution < 1.29 is 24.2 Å². The van der Waals surface area contributed by atoms with E-state index in [1.54, 1.807) is 19.2 Å². The number of amides is 1. The van der Waals surface area contributed by atoms with Crippen LogP contribution in [0.15, 0.2) is 42.5 Å². The molecular weight excluding hydrogens is 334 g/mol. The first-order valence-corrected chi connectivity index (χ1v) is 7.42. The smallest absolute Gasteiger partial charge is 0.342 e. The zero-order chi connectivity index (χ0) is 17.5. The summed E-state index contributed by atoms with van der Waals surface area (Å²) in [4.78, 5) is 23.6. The molecular formula is C17H16ClNO5. The van der Waals surface area contributed by atoms with Crippen LogP contribution in [0.2, 0.25) is 5.02 Å². The van der Waals surface area contributed by atoms with Crippen LogP contribution in [0.5, 0.6) is 11.5 Å². The van der Waals surface area contributed by atoms with Gasteiger partial charge in [0.15, 0.2) is 6.61 Å². The monoisotopic (exact) mass is 349 g/mol. The number of nitrogens with one attached hydrogen (secondary N) is 1. The Morgan fingerprint density at radius 1 is 1.21 bits per heavy atom. The number of esters is 1. The number of carbonyl (C=O) groups excluding carboxylic acids is 2. The van der Waals surface area contributed by atoms with E-state index in [4.69, 9.17) is 21.1 Å². The minimum absolute atomic E-state index is 0.0944. The van der Waals surface area contributed by atoms with Gasteiger partial charge in [0.2, 0.25) is 0 Å². The van der Waals surface area contributed by atoms with Crippen LogP contribution in [-0.2, 0) is 16.1 Å². The van der Waals surface area contributed by atoms with E-state index in [9.17, 15) is 14.7 Å². The van der Waals surface area contributed by atoms with Gasteiger partial charge in [-0.05, 0) is 35.9 Å². The van der Waals surface area contributed by atoms with Gasteiger partial charge in [-0.15, -0.1) is 0 Å². The summed E-state index contributed by atoms with van der Waals surface area (Å²) < 4.78 is 9.96. The quantitative estimate of drug-likeness (QED) is 0.783. The molecule has 0 saturated heterocycles. The van der Waals surface area contributed by atoms with Crippen molar-refractivity contribution >= 4 is 23.5 Å².